The molecule has 0 aliphatic heterocycles. The fourth-order valence-corrected chi connectivity index (χ4v) is 4.23. The molecule has 2 aromatic rings. The summed E-state index contributed by atoms with van der Waals surface area (Å²) in [6.07, 6.45) is 2.61. The Balaban J connectivity index is 2.02. The van der Waals surface area contributed by atoms with Crippen LogP contribution in [0.3, 0.4) is 0 Å². The number of methoxy groups -OCH3 is 4. The van der Waals surface area contributed by atoms with E-state index in [1.54, 1.807) is 28.4 Å². The van der Waals surface area contributed by atoms with Crippen molar-refractivity contribution in [3.63, 3.8) is 0 Å². The molecule has 2 rings (SSSR count). The van der Waals surface area contributed by atoms with Crippen LogP contribution in [-0.2, 0) is 11.8 Å². The van der Waals surface area contributed by atoms with Gasteiger partial charge in [-0.1, -0.05) is 26.0 Å². The van der Waals surface area contributed by atoms with Crippen molar-refractivity contribution >= 4 is 0 Å². The Morgan fingerprint density at radius 1 is 0.848 bits per heavy atom. The summed E-state index contributed by atoms with van der Waals surface area (Å²) in [5, 5.41) is 10.2. The largest absolute Gasteiger partial charge is 0.493 e. The summed E-state index contributed by atoms with van der Waals surface area (Å²) in [6, 6.07) is 14.5. The Labute approximate surface area is 199 Å². The lowest BCUT2D eigenvalue weighted by molar-refractivity contribution is 0.292. The van der Waals surface area contributed by atoms with Crippen LogP contribution in [0.15, 0.2) is 36.4 Å². The summed E-state index contributed by atoms with van der Waals surface area (Å²) in [7, 11) is 8.67. The molecule has 0 amide bonds. The minimum absolute atomic E-state index is 0.165. The predicted molar refractivity (Wildman–Crippen MR) is 132 cm³/mol. The molecule has 0 aliphatic rings. The summed E-state index contributed by atoms with van der Waals surface area (Å²) in [4.78, 5) is 2.31. The maximum Gasteiger partial charge on any atom is 0.161 e. The van der Waals surface area contributed by atoms with Crippen molar-refractivity contribution in [3.05, 3.63) is 47.5 Å². The van der Waals surface area contributed by atoms with Gasteiger partial charge < -0.3 is 23.8 Å². The molecule has 6 heteroatoms. The van der Waals surface area contributed by atoms with Gasteiger partial charge in [-0.25, -0.2) is 0 Å². The summed E-state index contributed by atoms with van der Waals surface area (Å²) in [5.41, 5.74) is 1.60. The van der Waals surface area contributed by atoms with Crippen molar-refractivity contribution in [2.24, 2.45) is 5.92 Å². The Hall–Kier alpha value is -2.91. The standard InChI is InChI=1S/C27H38N2O4/c1-20(2)27(19-28,22-10-12-24(31-5)26(18-22)33-7)14-8-15-29(3)16-13-21-9-11-23(30-4)25(17-21)32-6/h9-12,17-18,20H,8,13-16H2,1-7H3/i3-1. The van der Waals surface area contributed by atoms with Gasteiger partial charge in [0.15, 0.2) is 23.0 Å². The number of hydrogen-bond donors (Lipinski definition) is 0. The lowest BCUT2D eigenvalue weighted by Crippen LogP contribution is -2.32. The van der Waals surface area contributed by atoms with E-state index >= 15 is 0 Å². The second-order valence-corrected chi connectivity index (χ2v) is 8.65. The summed E-state index contributed by atoms with van der Waals surface area (Å²) < 4.78 is 21.6. The third-order valence-electron chi connectivity index (χ3n) is 6.42. The third kappa shape index (κ3) is 6.33. The molecule has 0 fully saturated rings. The van der Waals surface area contributed by atoms with Gasteiger partial charge in [0.2, 0.25) is 0 Å². The van der Waals surface area contributed by atoms with Crippen LogP contribution in [0.5, 0.6) is 23.0 Å². The molecule has 0 spiro atoms. The van der Waals surface area contributed by atoms with Gasteiger partial charge in [-0.05, 0) is 74.2 Å². The molecule has 0 saturated heterocycles. The molecule has 0 aromatic heterocycles. The first-order valence-corrected chi connectivity index (χ1v) is 11.4. The molecule has 0 radical (unpaired) electrons. The van der Waals surface area contributed by atoms with Crippen LogP contribution in [0.4, 0.5) is 0 Å². The summed E-state index contributed by atoms with van der Waals surface area (Å²) in [6.45, 7) is 6.06. The summed E-state index contributed by atoms with van der Waals surface area (Å²) >= 11 is 0. The maximum atomic E-state index is 10.2. The highest BCUT2D eigenvalue weighted by atomic mass is 16.5. The Bertz CT molecular complexity index is 938. The number of rotatable bonds is 13. The number of hydrogen-bond acceptors (Lipinski definition) is 6. The lowest BCUT2D eigenvalue weighted by Gasteiger charge is -2.32. The van der Waals surface area contributed by atoms with Crippen LogP contribution < -0.4 is 18.9 Å². The van der Waals surface area contributed by atoms with Crippen molar-refractivity contribution in [2.75, 3.05) is 48.6 Å². The van der Waals surface area contributed by atoms with Crippen LogP contribution in [0.2, 0.25) is 0 Å². The topological polar surface area (TPSA) is 64.0 Å². The SMILES string of the molecule is COc1ccc(CCN([11CH3])CCCC(C#N)(c2ccc(OC)c(OC)c2)C(C)C)cc1OC. The van der Waals surface area contributed by atoms with E-state index in [9.17, 15) is 5.26 Å². The molecule has 1 atom stereocenters. The van der Waals surface area contributed by atoms with Gasteiger partial charge in [0.05, 0.1) is 39.9 Å². The monoisotopic (exact) mass is 453 g/mol. The quantitative estimate of drug-likeness (QED) is 0.421. The molecule has 180 valence electrons. The lowest BCUT2D eigenvalue weighted by atomic mass is 9.69. The number of nitrogens with zero attached hydrogens (tertiary/aromatic N) is 2. The van der Waals surface area contributed by atoms with E-state index in [0.717, 1.165) is 49.4 Å². The van der Waals surface area contributed by atoms with Crippen molar-refractivity contribution in [2.45, 2.75) is 38.5 Å². The number of likely N-dealkylation sites (N-methyl/N-ethyl adjacent to an activating group) is 1. The fraction of sp³-hybridized carbons (Fsp3) is 0.519. The molecule has 33 heavy (non-hydrogen) atoms. The summed E-state index contributed by atoms with van der Waals surface area (Å²) in [5.74, 6) is 2.99. The van der Waals surface area contributed by atoms with Gasteiger partial charge in [-0.3, -0.25) is 0 Å². The van der Waals surface area contributed by atoms with E-state index in [-0.39, 0.29) is 5.92 Å². The first-order chi connectivity index (χ1) is 15.8. The normalized spacial score (nSPS) is 12.8. The highest BCUT2D eigenvalue weighted by molar-refractivity contribution is 5.47. The van der Waals surface area contributed by atoms with Crippen LogP contribution in [-0.4, -0.2) is 53.5 Å². The van der Waals surface area contributed by atoms with Crippen LogP contribution in [0.25, 0.3) is 0 Å². The molecule has 0 saturated carbocycles. The van der Waals surface area contributed by atoms with E-state index in [0.29, 0.717) is 11.5 Å². The number of ether oxygens (including phenoxy) is 4. The number of benzene rings is 2. The molecule has 6 nitrogen and oxygen atoms in total. The van der Waals surface area contributed by atoms with Gasteiger partial charge in [0.1, 0.15) is 0 Å². The van der Waals surface area contributed by atoms with Crippen LogP contribution in [0.1, 0.15) is 37.8 Å². The number of nitriles is 1. The van der Waals surface area contributed by atoms with Gasteiger partial charge in [-0.15, -0.1) is 0 Å². The van der Waals surface area contributed by atoms with E-state index in [1.165, 1.54) is 5.56 Å². The van der Waals surface area contributed by atoms with Crippen molar-refractivity contribution < 1.29 is 18.9 Å². The molecule has 0 aliphatic carbocycles. The van der Waals surface area contributed by atoms with Gasteiger partial charge in [0.25, 0.3) is 0 Å². The van der Waals surface area contributed by atoms with Gasteiger partial charge in [0, 0.05) is 6.54 Å². The molecular formula is C27H38N2O4. The highest BCUT2D eigenvalue weighted by Crippen LogP contribution is 2.40. The molecule has 0 N–H and O–H groups in total. The van der Waals surface area contributed by atoms with E-state index in [4.69, 9.17) is 18.9 Å². The second-order valence-electron chi connectivity index (χ2n) is 8.65. The van der Waals surface area contributed by atoms with Crippen molar-refractivity contribution in [1.82, 2.24) is 4.90 Å². The predicted octanol–water partition coefficient (Wildman–Crippen LogP) is 5.09. The molecule has 0 heterocycles. The first-order valence-electron chi connectivity index (χ1n) is 11.4. The van der Waals surface area contributed by atoms with Crippen LogP contribution >= 0.6 is 0 Å². The molecule has 2 aromatic carbocycles. The Kier molecular flexibility index (Phi) is 9.87. The zero-order valence-electron chi connectivity index (χ0n) is 21.1. The maximum absolute atomic E-state index is 10.2. The first kappa shape index (κ1) is 26.3. The van der Waals surface area contributed by atoms with Gasteiger partial charge in [-0.2, -0.15) is 5.26 Å². The molecule has 1 unspecified atom stereocenters. The zero-order chi connectivity index (χ0) is 24.4. The minimum Gasteiger partial charge on any atom is -0.493 e. The van der Waals surface area contributed by atoms with Crippen molar-refractivity contribution in [1.29, 1.82) is 5.26 Å². The second kappa shape index (κ2) is 12.4. The minimum atomic E-state index is -0.580. The highest BCUT2D eigenvalue weighted by Gasteiger charge is 2.36. The smallest absolute Gasteiger partial charge is 0.161 e. The van der Waals surface area contributed by atoms with E-state index in [2.05, 4.69) is 37.9 Å². The Morgan fingerprint density at radius 2 is 1.42 bits per heavy atom. The third-order valence-corrected chi connectivity index (χ3v) is 6.42. The fourth-order valence-electron chi connectivity index (χ4n) is 4.23. The van der Waals surface area contributed by atoms with Crippen LogP contribution in [0, 0.1) is 17.2 Å². The zero-order valence-corrected chi connectivity index (χ0v) is 21.1. The molecular weight excluding hydrogens is 415 g/mol. The van der Waals surface area contributed by atoms with Crippen molar-refractivity contribution in [3.8, 4) is 29.1 Å². The average Bonchev–Trinajstić information content (AvgIpc) is 2.84. The van der Waals surface area contributed by atoms with Gasteiger partial charge >= 0.3 is 0 Å². The van der Waals surface area contributed by atoms with E-state index < -0.39 is 5.41 Å². The molecule has 0 bridgehead atoms. The van der Waals surface area contributed by atoms with E-state index in [1.807, 2.05) is 30.3 Å². The Morgan fingerprint density at radius 3 is 1.97 bits per heavy atom. The average molecular weight is 454 g/mol.